The molecule has 4 heteroatoms. The van der Waals surface area contributed by atoms with Gasteiger partial charge in [-0.25, -0.2) is 4.98 Å². The fraction of sp³-hybridized carbons (Fsp3) is 0.167. The molecule has 0 aliphatic rings. The lowest BCUT2D eigenvalue weighted by Crippen LogP contribution is -2.12. The summed E-state index contributed by atoms with van der Waals surface area (Å²) in [5.74, 6) is -0.0683. The SMILES string of the molecule is CN(C)c1cccc(C(=O)n2ccnc2)c1. The van der Waals surface area contributed by atoms with E-state index in [1.807, 2.05) is 37.2 Å². The first-order valence-electron chi connectivity index (χ1n) is 4.98. The average Bonchev–Trinajstić information content (AvgIpc) is 2.81. The highest BCUT2D eigenvalue weighted by atomic mass is 16.2. The zero-order valence-electron chi connectivity index (χ0n) is 9.29. The summed E-state index contributed by atoms with van der Waals surface area (Å²) in [6.45, 7) is 0. The van der Waals surface area contributed by atoms with Crippen LogP contribution in [0.4, 0.5) is 5.69 Å². The molecule has 16 heavy (non-hydrogen) atoms. The highest BCUT2D eigenvalue weighted by molar-refractivity contribution is 5.96. The summed E-state index contributed by atoms with van der Waals surface area (Å²) in [7, 11) is 3.89. The highest BCUT2D eigenvalue weighted by Gasteiger charge is 2.08. The van der Waals surface area contributed by atoms with Crippen molar-refractivity contribution in [3.8, 4) is 0 Å². The zero-order chi connectivity index (χ0) is 11.5. The molecule has 0 bridgehead atoms. The molecule has 0 amide bonds. The second-order valence-corrected chi connectivity index (χ2v) is 3.72. The van der Waals surface area contributed by atoms with Crippen molar-refractivity contribution in [2.24, 2.45) is 0 Å². The molecule has 0 saturated heterocycles. The molecule has 0 atom stereocenters. The van der Waals surface area contributed by atoms with E-state index in [2.05, 4.69) is 4.98 Å². The highest BCUT2D eigenvalue weighted by Crippen LogP contribution is 2.14. The Morgan fingerprint density at radius 1 is 1.38 bits per heavy atom. The van der Waals surface area contributed by atoms with E-state index in [0.717, 1.165) is 5.69 Å². The van der Waals surface area contributed by atoms with Crippen molar-refractivity contribution in [1.82, 2.24) is 9.55 Å². The molecule has 1 aromatic carbocycles. The van der Waals surface area contributed by atoms with Crippen LogP contribution in [-0.4, -0.2) is 29.6 Å². The third kappa shape index (κ3) is 1.95. The summed E-state index contributed by atoms with van der Waals surface area (Å²) in [6, 6.07) is 7.50. The largest absolute Gasteiger partial charge is 0.378 e. The molecule has 0 saturated carbocycles. The van der Waals surface area contributed by atoms with Gasteiger partial charge in [0.15, 0.2) is 0 Å². The van der Waals surface area contributed by atoms with Crippen LogP contribution in [0.15, 0.2) is 43.0 Å². The molecule has 0 aliphatic heterocycles. The molecule has 2 aromatic rings. The Bertz CT molecular complexity index is 489. The van der Waals surface area contributed by atoms with Gasteiger partial charge in [-0.15, -0.1) is 0 Å². The maximum atomic E-state index is 12.0. The molecule has 0 aliphatic carbocycles. The van der Waals surface area contributed by atoms with Gasteiger partial charge >= 0.3 is 0 Å². The van der Waals surface area contributed by atoms with Crippen molar-refractivity contribution in [3.05, 3.63) is 48.5 Å². The third-order valence-corrected chi connectivity index (χ3v) is 2.35. The maximum absolute atomic E-state index is 12.0. The van der Waals surface area contributed by atoms with Crippen molar-refractivity contribution in [3.63, 3.8) is 0 Å². The number of benzene rings is 1. The molecule has 0 spiro atoms. The first-order valence-corrected chi connectivity index (χ1v) is 4.98. The molecule has 4 nitrogen and oxygen atoms in total. The van der Waals surface area contributed by atoms with Crippen LogP contribution < -0.4 is 4.90 Å². The van der Waals surface area contributed by atoms with Crippen LogP contribution in [0.5, 0.6) is 0 Å². The van der Waals surface area contributed by atoms with Crippen LogP contribution in [-0.2, 0) is 0 Å². The minimum Gasteiger partial charge on any atom is -0.378 e. The van der Waals surface area contributed by atoms with Gasteiger partial charge in [0.25, 0.3) is 5.91 Å². The summed E-state index contributed by atoms with van der Waals surface area (Å²) in [5, 5.41) is 0. The van der Waals surface area contributed by atoms with E-state index in [4.69, 9.17) is 0 Å². The Kier molecular flexibility index (Phi) is 2.72. The lowest BCUT2D eigenvalue weighted by molar-refractivity contribution is 0.0960. The number of carbonyl (C=O) groups is 1. The van der Waals surface area contributed by atoms with E-state index in [1.165, 1.54) is 10.9 Å². The Balaban J connectivity index is 2.34. The van der Waals surface area contributed by atoms with E-state index in [0.29, 0.717) is 5.56 Å². The minimum atomic E-state index is -0.0683. The van der Waals surface area contributed by atoms with Crippen molar-refractivity contribution in [2.75, 3.05) is 19.0 Å². The lowest BCUT2D eigenvalue weighted by atomic mass is 10.2. The van der Waals surface area contributed by atoms with E-state index in [1.54, 1.807) is 18.5 Å². The van der Waals surface area contributed by atoms with Gasteiger partial charge < -0.3 is 4.90 Å². The zero-order valence-corrected chi connectivity index (χ0v) is 9.29. The first kappa shape index (κ1) is 10.4. The van der Waals surface area contributed by atoms with Crippen molar-refractivity contribution >= 4 is 11.6 Å². The number of carbonyl (C=O) groups excluding carboxylic acids is 1. The predicted molar refractivity (Wildman–Crippen MR) is 62.7 cm³/mol. The average molecular weight is 215 g/mol. The normalized spacial score (nSPS) is 10.1. The van der Waals surface area contributed by atoms with Crippen molar-refractivity contribution in [1.29, 1.82) is 0 Å². The summed E-state index contributed by atoms with van der Waals surface area (Å²) >= 11 is 0. The van der Waals surface area contributed by atoms with Crippen LogP contribution in [0.1, 0.15) is 10.4 Å². The molecule has 2 rings (SSSR count). The number of imidazole rings is 1. The van der Waals surface area contributed by atoms with Crippen LogP contribution in [0.2, 0.25) is 0 Å². The number of nitrogens with zero attached hydrogens (tertiary/aromatic N) is 3. The van der Waals surface area contributed by atoms with Gasteiger partial charge in [0.2, 0.25) is 0 Å². The van der Waals surface area contributed by atoms with E-state index in [-0.39, 0.29) is 5.91 Å². The van der Waals surface area contributed by atoms with Gasteiger partial charge in [-0.2, -0.15) is 0 Å². The number of hydrogen-bond acceptors (Lipinski definition) is 3. The third-order valence-electron chi connectivity index (χ3n) is 2.35. The van der Waals surface area contributed by atoms with Crippen molar-refractivity contribution < 1.29 is 4.79 Å². The Hall–Kier alpha value is -2.10. The van der Waals surface area contributed by atoms with Crippen LogP contribution in [0.3, 0.4) is 0 Å². The van der Waals surface area contributed by atoms with Gasteiger partial charge in [-0.3, -0.25) is 9.36 Å². The van der Waals surface area contributed by atoms with Gasteiger partial charge in [-0.1, -0.05) is 6.07 Å². The quantitative estimate of drug-likeness (QED) is 0.764. The smallest absolute Gasteiger partial charge is 0.263 e. The minimum absolute atomic E-state index is 0.0683. The van der Waals surface area contributed by atoms with Crippen LogP contribution in [0.25, 0.3) is 0 Å². The second-order valence-electron chi connectivity index (χ2n) is 3.72. The molecular formula is C12H13N3O. The van der Waals surface area contributed by atoms with Gasteiger partial charge in [0.1, 0.15) is 6.33 Å². The molecule has 0 N–H and O–H groups in total. The molecule has 0 unspecified atom stereocenters. The molecule has 82 valence electrons. The molecule has 1 heterocycles. The van der Waals surface area contributed by atoms with Crippen LogP contribution >= 0.6 is 0 Å². The fourth-order valence-electron chi connectivity index (χ4n) is 1.45. The molecule has 0 fully saturated rings. The lowest BCUT2D eigenvalue weighted by Gasteiger charge is -2.13. The molecular weight excluding hydrogens is 202 g/mol. The predicted octanol–water partition coefficient (Wildman–Crippen LogP) is 1.64. The van der Waals surface area contributed by atoms with E-state index in [9.17, 15) is 4.79 Å². The number of rotatable bonds is 2. The Labute approximate surface area is 94.1 Å². The van der Waals surface area contributed by atoms with Crippen LogP contribution in [0, 0.1) is 0 Å². The number of anilines is 1. The van der Waals surface area contributed by atoms with E-state index < -0.39 is 0 Å². The van der Waals surface area contributed by atoms with Gasteiger partial charge in [-0.05, 0) is 18.2 Å². The Morgan fingerprint density at radius 2 is 2.19 bits per heavy atom. The maximum Gasteiger partial charge on any atom is 0.263 e. The molecule has 1 aromatic heterocycles. The summed E-state index contributed by atoms with van der Waals surface area (Å²) in [5.41, 5.74) is 1.66. The topological polar surface area (TPSA) is 38.1 Å². The number of aromatic nitrogens is 2. The summed E-state index contributed by atoms with van der Waals surface area (Å²) < 4.78 is 1.47. The van der Waals surface area contributed by atoms with E-state index >= 15 is 0 Å². The van der Waals surface area contributed by atoms with Gasteiger partial charge in [0.05, 0.1) is 0 Å². The Morgan fingerprint density at radius 3 is 2.81 bits per heavy atom. The molecule has 0 radical (unpaired) electrons. The fourth-order valence-corrected chi connectivity index (χ4v) is 1.45. The monoisotopic (exact) mass is 215 g/mol. The number of hydrogen-bond donors (Lipinski definition) is 0. The first-order chi connectivity index (χ1) is 7.68. The van der Waals surface area contributed by atoms with Crippen molar-refractivity contribution in [2.45, 2.75) is 0 Å². The summed E-state index contributed by atoms with van der Waals surface area (Å²) in [4.78, 5) is 17.8. The second kappa shape index (κ2) is 4.18. The summed E-state index contributed by atoms with van der Waals surface area (Å²) in [6.07, 6.45) is 4.74. The standard InChI is InChI=1S/C12H13N3O/c1-14(2)11-5-3-4-10(8-11)12(16)15-7-6-13-9-15/h3-9H,1-2H3. The van der Waals surface area contributed by atoms with Gasteiger partial charge in [0, 0.05) is 37.7 Å².